The molecule has 9 heteroatoms. The van der Waals surface area contributed by atoms with Crippen molar-refractivity contribution in [2.75, 3.05) is 13.2 Å². The third kappa shape index (κ3) is 6.25. The van der Waals surface area contributed by atoms with Crippen LogP contribution in [0.1, 0.15) is 20.8 Å². The minimum Gasteiger partial charge on any atom is -0.454 e. The summed E-state index contributed by atoms with van der Waals surface area (Å²) in [5.41, 5.74) is 0. The Hall–Kier alpha value is -2.00. The molecule has 1 aromatic carbocycles. The molecule has 0 bridgehead atoms. The molecule has 134 valence electrons. The van der Waals surface area contributed by atoms with Crippen LogP contribution in [0, 0.1) is 11.7 Å². The monoisotopic (exact) mass is 360 g/mol. The SMILES string of the molecule is CC(C)CNC(=O)COC(=O)[C@H](C)NS(=O)(=O)c1ccccc1F. The fourth-order valence-corrected chi connectivity index (χ4v) is 2.91. The first-order chi connectivity index (χ1) is 11.1. The average molecular weight is 360 g/mol. The molecule has 0 aliphatic heterocycles. The number of benzene rings is 1. The molecule has 0 radical (unpaired) electrons. The third-order valence-corrected chi connectivity index (χ3v) is 4.44. The zero-order chi connectivity index (χ0) is 18.3. The van der Waals surface area contributed by atoms with Crippen LogP contribution in [0.2, 0.25) is 0 Å². The molecule has 1 rings (SSSR count). The van der Waals surface area contributed by atoms with E-state index in [-0.39, 0.29) is 5.92 Å². The van der Waals surface area contributed by atoms with Crippen molar-refractivity contribution in [3.63, 3.8) is 0 Å². The summed E-state index contributed by atoms with van der Waals surface area (Å²) in [6.07, 6.45) is 0. The molecule has 1 aromatic rings. The number of carbonyl (C=O) groups excluding carboxylic acids is 2. The number of sulfonamides is 1. The molecular weight excluding hydrogens is 339 g/mol. The Kier molecular flexibility index (Phi) is 7.30. The highest BCUT2D eigenvalue weighted by atomic mass is 32.2. The summed E-state index contributed by atoms with van der Waals surface area (Å²) in [5, 5.41) is 2.55. The predicted octanol–water partition coefficient (Wildman–Crippen LogP) is 0.808. The fourth-order valence-electron chi connectivity index (χ4n) is 1.64. The lowest BCUT2D eigenvalue weighted by molar-refractivity contribution is -0.149. The molecule has 2 N–H and O–H groups in total. The molecule has 0 heterocycles. The lowest BCUT2D eigenvalue weighted by atomic mass is 10.2. The molecule has 1 atom stereocenters. The van der Waals surface area contributed by atoms with Crippen molar-refractivity contribution in [1.82, 2.24) is 10.0 Å². The Morgan fingerprint density at radius 2 is 1.83 bits per heavy atom. The second-order valence-corrected chi connectivity index (χ2v) is 7.26. The van der Waals surface area contributed by atoms with E-state index >= 15 is 0 Å². The highest BCUT2D eigenvalue weighted by Crippen LogP contribution is 2.13. The second-order valence-electron chi connectivity index (χ2n) is 5.58. The average Bonchev–Trinajstić information content (AvgIpc) is 2.50. The molecule has 0 aliphatic carbocycles. The maximum absolute atomic E-state index is 13.6. The van der Waals surface area contributed by atoms with Gasteiger partial charge in [0.1, 0.15) is 16.8 Å². The van der Waals surface area contributed by atoms with Gasteiger partial charge in [-0.1, -0.05) is 26.0 Å². The molecule has 0 aliphatic rings. The van der Waals surface area contributed by atoms with E-state index in [0.29, 0.717) is 6.54 Å². The van der Waals surface area contributed by atoms with Crippen molar-refractivity contribution in [2.45, 2.75) is 31.7 Å². The van der Waals surface area contributed by atoms with Crippen LogP contribution in [0.15, 0.2) is 29.2 Å². The molecular formula is C15H21FN2O5S. The molecule has 0 fully saturated rings. The van der Waals surface area contributed by atoms with E-state index in [1.54, 1.807) is 0 Å². The summed E-state index contributed by atoms with van der Waals surface area (Å²) < 4.78 is 44.4. The lowest BCUT2D eigenvalue weighted by Gasteiger charge is -2.14. The summed E-state index contributed by atoms with van der Waals surface area (Å²) in [6, 6.07) is 3.51. The molecule has 24 heavy (non-hydrogen) atoms. The van der Waals surface area contributed by atoms with Gasteiger partial charge in [-0.3, -0.25) is 9.59 Å². The van der Waals surface area contributed by atoms with E-state index in [2.05, 4.69) is 5.32 Å². The lowest BCUT2D eigenvalue weighted by Crippen LogP contribution is -2.41. The van der Waals surface area contributed by atoms with Gasteiger partial charge < -0.3 is 10.1 Å². The Morgan fingerprint density at radius 3 is 2.42 bits per heavy atom. The summed E-state index contributed by atoms with van der Waals surface area (Å²) >= 11 is 0. The minimum absolute atomic E-state index is 0.246. The number of carbonyl (C=O) groups is 2. The Bertz CT molecular complexity index is 691. The number of ether oxygens (including phenoxy) is 1. The second kappa shape index (κ2) is 8.74. The quantitative estimate of drug-likeness (QED) is 0.668. The van der Waals surface area contributed by atoms with E-state index in [1.165, 1.54) is 19.1 Å². The Morgan fingerprint density at radius 1 is 1.21 bits per heavy atom. The summed E-state index contributed by atoms with van der Waals surface area (Å²) in [4.78, 5) is 22.6. The number of hydrogen-bond donors (Lipinski definition) is 2. The number of rotatable bonds is 8. The summed E-state index contributed by atoms with van der Waals surface area (Å²) in [7, 11) is -4.22. The number of nitrogens with one attached hydrogen (secondary N) is 2. The van der Waals surface area contributed by atoms with Crippen LogP contribution < -0.4 is 10.0 Å². The number of amides is 1. The van der Waals surface area contributed by atoms with Crippen molar-refractivity contribution in [2.24, 2.45) is 5.92 Å². The summed E-state index contributed by atoms with van der Waals surface area (Å²) in [6.45, 7) is 4.98. The van der Waals surface area contributed by atoms with E-state index in [9.17, 15) is 22.4 Å². The van der Waals surface area contributed by atoms with Gasteiger partial charge in [-0.05, 0) is 25.0 Å². The van der Waals surface area contributed by atoms with E-state index in [4.69, 9.17) is 4.74 Å². The summed E-state index contributed by atoms with van der Waals surface area (Å²) in [5.74, 6) is -2.11. The van der Waals surface area contributed by atoms with Crippen LogP contribution in [-0.2, 0) is 24.3 Å². The third-order valence-electron chi connectivity index (χ3n) is 2.86. The number of hydrogen-bond acceptors (Lipinski definition) is 5. The first-order valence-corrected chi connectivity index (χ1v) is 8.82. The predicted molar refractivity (Wildman–Crippen MR) is 85.0 cm³/mol. The van der Waals surface area contributed by atoms with Crippen LogP contribution in [-0.4, -0.2) is 39.5 Å². The fraction of sp³-hybridized carbons (Fsp3) is 0.467. The highest BCUT2D eigenvalue weighted by Gasteiger charge is 2.25. The van der Waals surface area contributed by atoms with Gasteiger partial charge >= 0.3 is 5.97 Å². The number of halogens is 1. The van der Waals surface area contributed by atoms with Crippen molar-refractivity contribution >= 4 is 21.9 Å². The topological polar surface area (TPSA) is 102 Å². The molecule has 1 amide bonds. The smallest absolute Gasteiger partial charge is 0.324 e. The first-order valence-electron chi connectivity index (χ1n) is 7.33. The van der Waals surface area contributed by atoms with Crippen LogP contribution in [0.5, 0.6) is 0 Å². The Balaban J connectivity index is 2.58. The van der Waals surface area contributed by atoms with Gasteiger partial charge in [-0.25, -0.2) is 12.8 Å². The molecule has 0 spiro atoms. The molecule has 0 saturated carbocycles. The van der Waals surface area contributed by atoms with Gasteiger partial charge in [0.2, 0.25) is 10.0 Å². The zero-order valence-corrected chi connectivity index (χ0v) is 14.5. The minimum atomic E-state index is -4.22. The maximum atomic E-state index is 13.6. The van der Waals surface area contributed by atoms with Crippen LogP contribution >= 0.6 is 0 Å². The van der Waals surface area contributed by atoms with E-state index in [0.717, 1.165) is 12.1 Å². The maximum Gasteiger partial charge on any atom is 0.324 e. The highest BCUT2D eigenvalue weighted by molar-refractivity contribution is 7.89. The normalized spacial score (nSPS) is 12.7. The van der Waals surface area contributed by atoms with Crippen molar-refractivity contribution < 1.29 is 27.1 Å². The van der Waals surface area contributed by atoms with Crippen LogP contribution in [0.25, 0.3) is 0 Å². The van der Waals surface area contributed by atoms with Crippen molar-refractivity contribution in [1.29, 1.82) is 0 Å². The Labute approximate surface area is 140 Å². The standard InChI is InChI=1S/C15H21FN2O5S/c1-10(2)8-17-14(19)9-23-15(20)11(3)18-24(21,22)13-7-5-4-6-12(13)16/h4-7,10-11,18H,8-9H2,1-3H3,(H,17,19)/t11-/m0/s1. The number of esters is 1. The van der Waals surface area contributed by atoms with Crippen molar-refractivity contribution in [3.8, 4) is 0 Å². The first kappa shape index (κ1) is 20.0. The van der Waals surface area contributed by atoms with Gasteiger partial charge in [0.25, 0.3) is 5.91 Å². The molecule has 0 unspecified atom stereocenters. The van der Waals surface area contributed by atoms with Gasteiger partial charge in [-0.2, -0.15) is 4.72 Å². The zero-order valence-electron chi connectivity index (χ0n) is 13.7. The van der Waals surface area contributed by atoms with E-state index < -0.39 is 45.3 Å². The van der Waals surface area contributed by atoms with E-state index in [1.807, 2.05) is 18.6 Å². The molecule has 7 nitrogen and oxygen atoms in total. The van der Waals surface area contributed by atoms with Crippen LogP contribution in [0.4, 0.5) is 4.39 Å². The molecule has 0 saturated heterocycles. The largest absolute Gasteiger partial charge is 0.454 e. The van der Waals surface area contributed by atoms with Gasteiger partial charge in [-0.15, -0.1) is 0 Å². The van der Waals surface area contributed by atoms with Gasteiger partial charge in [0.05, 0.1) is 0 Å². The van der Waals surface area contributed by atoms with Gasteiger partial charge in [0.15, 0.2) is 6.61 Å². The van der Waals surface area contributed by atoms with Crippen molar-refractivity contribution in [3.05, 3.63) is 30.1 Å². The molecule has 0 aromatic heterocycles. The van der Waals surface area contributed by atoms with Gasteiger partial charge in [0, 0.05) is 6.54 Å². The van der Waals surface area contributed by atoms with Crippen LogP contribution in [0.3, 0.4) is 0 Å².